The summed E-state index contributed by atoms with van der Waals surface area (Å²) in [6.07, 6.45) is -4.52. The molecule has 0 saturated heterocycles. The lowest BCUT2D eigenvalue weighted by atomic mass is 10.1. The fraction of sp³-hybridized carbons (Fsp3) is 0.0714. The van der Waals surface area contributed by atoms with Crippen LogP contribution in [0.5, 0.6) is 11.5 Å². The molecule has 6 nitrogen and oxygen atoms in total. The molecule has 0 atom stereocenters. The Morgan fingerprint density at radius 1 is 0.676 bits per heavy atom. The van der Waals surface area contributed by atoms with Gasteiger partial charge in [-0.1, -0.05) is 30.3 Å². The minimum Gasteiger partial charge on any atom is -0.457 e. The molecule has 0 spiro atoms. The maximum Gasteiger partial charge on any atom is 0.416 e. The second-order valence-corrected chi connectivity index (χ2v) is 7.95. The molecule has 0 aliphatic rings. The summed E-state index contributed by atoms with van der Waals surface area (Å²) in [5.74, 6) is 0.418. The van der Waals surface area contributed by atoms with Gasteiger partial charge >= 0.3 is 6.18 Å². The first kappa shape index (κ1) is 25.3. The predicted molar refractivity (Wildman–Crippen MR) is 136 cm³/mol. The fourth-order valence-corrected chi connectivity index (χ4v) is 3.37. The van der Waals surface area contributed by atoms with Crippen molar-refractivity contribution in [3.63, 3.8) is 0 Å². The fourth-order valence-electron chi connectivity index (χ4n) is 3.37. The van der Waals surface area contributed by atoms with Gasteiger partial charge in [0.25, 0.3) is 5.91 Å². The van der Waals surface area contributed by atoms with Gasteiger partial charge in [0.05, 0.1) is 12.1 Å². The first-order valence-electron chi connectivity index (χ1n) is 11.2. The summed E-state index contributed by atoms with van der Waals surface area (Å²) in [6.45, 7) is -0.0282. The third-order valence-electron chi connectivity index (χ3n) is 5.14. The van der Waals surface area contributed by atoms with Crippen LogP contribution in [0, 0.1) is 0 Å². The molecule has 0 heterocycles. The van der Waals surface area contributed by atoms with Crippen molar-refractivity contribution in [1.82, 2.24) is 0 Å². The van der Waals surface area contributed by atoms with E-state index in [0.29, 0.717) is 22.9 Å². The van der Waals surface area contributed by atoms with Crippen LogP contribution in [0.25, 0.3) is 0 Å². The number of ether oxygens (including phenoxy) is 1. The Morgan fingerprint density at radius 2 is 1.32 bits per heavy atom. The van der Waals surface area contributed by atoms with E-state index < -0.39 is 17.6 Å². The van der Waals surface area contributed by atoms with Crippen molar-refractivity contribution in [3.05, 3.63) is 114 Å². The standard InChI is InChI=1S/C28H22F3N3O3/c29-28(30,31)20-7-5-9-23(17-20)34-27(36)19-6-4-8-22(16-19)33-26(35)18-32-21-12-14-25(15-13-21)37-24-10-2-1-3-11-24/h1-17,32H,18H2,(H,33,35)(H,34,36). The third kappa shape index (κ3) is 7.35. The van der Waals surface area contributed by atoms with E-state index in [-0.39, 0.29) is 23.7 Å². The molecule has 4 aromatic rings. The quantitative estimate of drug-likeness (QED) is 0.246. The molecule has 188 valence electrons. The highest BCUT2D eigenvalue weighted by molar-refractivity contribution is 6.05. The lowest BCUT2D eigenvalue weighted by Gasteiger charge is -2.11. The molecule has 0 unspecified atom stereocenters. The van der Waals surface area contributed by atoms with Crippen LogP contribution in [-0.2, 0) is 11.0 Å². The average molecular weight is 505 g/mol. The van der Waals surface area contributed by atoms with Crippen molar-refractivity contribution < 1.29 is 27.5 Å². The van der Waals surface area contributed by atoms with Crippen molar-refractivity contribution in [2.24, 2.45) is 0 Å². The molecule has 0 bridgehead atoms. The molecule has 0 radical (unpaired) electrons. The monoisotopic (exact) mass is 505 g/mol. The molecule has 0 aliphatic heterocycles. The molecule has 37 heavy (non-hydrogen) atoms. The Hall–Kier alpha value is -4.79. The SMILES string of the molecule is O=C(CNc1ccc(Oc2ccccc2)cc1)Nc1cccc(C(=O)Nc2cccc(C(F)(F)F)c2)c1. The number of rotatable bonds is 8. The van der Waals surface area contributed by atoms with E-state index in [1.165, 1.54) is 24.3 Å². The number of amides is 2. The molecule has 0 aliphatic carbocycles. The van der Waals surface area contributed by atoms with Crippen molar-refractivity contribution >= 4 is 28.9 Å². The van der Waals surface area contributed by atoms with Crippen LogP contribution < -0.4 is 20.7 Å². The van der Waals surface area contributed by atoms with E-state index in [2.05, 4.69) is 16.0 Å². The van der Waals surface area contributed by atoms with E-state index in [9.17, 15) is 22.8 Å². The zero-order valence-electron chi connectivity index (χ0n) is 19.4. The second kappa shape index (κ2) is 11.3. The van der Waals surface area contributed by atoms with Gasteiger partial charge < -0.3 is 20.7 Å². The van der Waals surface area contributed by atoms with Crippen LogP contribution >= 0.6 is 0 Å². The van der Waals surface area contributed by atoms with Crippen LogP contribution in [0.4, 0.5) is 30.2 Å². The smallest absolute Gasteiger partial charge is 0.416 e. The topological polar surface area (TPSA) is 79.5 Å². The van der Waals surface area contributed by atoms with Gasteiger partial charge in [-0.05, 0) is 72.8 Å². The number of anilines is 3. The van der Waals surface area contributed by atoms with Crippen molar-refractivity contribution in [2.75, 3.05) is 22.5 Å². The number of halogens is 3. The van der Waals surface area contributed by atoms with Crippen LogP contribution in [-0.4, -0.2) is 18.4 Å². The first-order chi connectivity index (χ1) is 17.8. The van der Waals surface area contributed by atoms with E-state index >= 15 is 0 Å². The van der Waals surface area contributed by atoms with Gasteiger partial charge in [0, 0.05) is 22.6 Å². The second-order valence-electron chi connectivity index (χ2n) is 7.95. The molecule has 4 aromatic carbocycles. The summed E-state index contributed by atoms with van der Waals surface area (Å²) in [5, 5.41) is 8.14. The van der Waals surface area contributed by atoms with Crippen LogP contribution in [0.1, 0.15) is 15.9 Å². The van der Waals surface area contributed by atoms with E-state index in [4.69, 9.17) is 4.74 Å². The van der Waals surface area contributed by atoms with Gasteiger partial charge in [-0.25, -0.2) is 0 Å². The maximum absolute atomic E-state index is 12.9. The molecule has 2 amide bonds. The summed E-state index contributed by atoms with van der Waals surface area (Å²) in [7, 11) is 0. The number of carbonyl (C=O) groups excluding carboxylic acids is 2. The summed E-state index contributed by atoms with van der Waals surface area (Å²) in [5.41, 5.74) is 0.410. The van der Waals surface area contributed by atoms with Gasteiger partial charge in [0.2, 0.25) is 5.91 Å². The molecule has 3 N–H and O–H groups in total. The van der Waals surface area contributed by atoms with Crippen molar-refractivity contribution in [1.29, 1.82) is 0 Å². The highest BCUT2D eigenvalue weighted by Gasteiger charge is 2.30. The third-order valence-corrected chi connectivity index (χ3v) is 5.14. The minimum absolute atomic E-state index is 0.0126. The van der Waals surface area contributed by atoms with Crippen molar-refractivity contribution in [3.8, 4) is 11.5 Å². The zero-order valence-corrected chi connectivity index (χ0v) is 19.4. The number of hydrogen-bond donors (Lipinski definition) is 3. The predicted octanol–water partition coefficient (Wildman–Crippen LogP) is 6.80. The summed E-state index contributed by atoms with van der Waals surface area (Å²) in [6, 6.07) is 26.9. The van der Waals surface area contributed by atoms with Gasteiger partial charge in [0.15, 0.2) is 0 Å². The summed E-state index contributed by atoms with van der Waals surface area (Å²) < 4.78 is 44.5. The minimum atomic E-state index is -4.52. The Kier molecular flexibility index (Phi) is 7.73. The lowest BCUT2D eigenvalue weighted by Crippen LogP contribution is -2.22. The molecule has 4 rings (SSSR count). The largest absolute Gasteiger partial charge is 0.457 e. The maximum atomic E-state index is 12.9. The van der Waals surface area contributed by atoms with Gasteiger partial charge in [-0.3, -0.25) is 9.59 Å². The Balaban J connectivity index is 1.30. The number of nitrogens with one attached hydrogen (secondary N) is 3. The summed E-state index contributed by atoms with van der Waals surface area (Å²) >= 11 is 0. The van der Waals surface area contributed by atoms with Gasteiger partial charge in [-0.15, -0.1) is 0 Å². The molecule has 9 heteroatoms. The summed E-state index contributed by atoms with van der Waals surface area (Å²) in [4.78, 5) is 24.9. The lowest BCUT2D eigenvalue weighted by molar-refractivity contribution is -0.137. The van der Waals surface area contributed by atoms with Gasteiger partial charge in [-0.2, -0.15) is 13.2 Å². The van der Waals surface area contributed by atoms with E-state index in [1.54, 1.807) is 36.4 Å². The normalized spacial score (nSPS) is 10.9. The molecular formula is C28H22F3N3O3. The number of carbonyl (C=O) groups is 2. The molecule has 0 saturated carbocycles. The highest BCUT2D eigenvalue weighted by atomic mass is 19.4. The van der Waals surface area contributed by atoms with Crippen LogP contribution in [0.3, 0.4) is 0 Å². The molecule has 0 fully saturated rings. The number of alkyl halides is 3. The Morgan fingerprint density at radius 3 is 2.03 bits per heavy atom. The van der Waals surface area contributed by atoms with Crippen LogP contribution in [0.15, 0.2) is 103 Å². The first-order valence-corrected chi connectivity index (χ1v) is 11.2. The number of para-hydroxylation sites is 1. The van der Waals surface area contributed by atoms with E-state index in [1.807, 2.05) is 30.3 Å². The zero-order chi connectivity index (χ0) is 26.3. The van der Waals surface area contributed by atoms with Gasteiger partial charge in [0.1, 0.15) is 11.5 Å². The molecular weight excluding hydrogens is 483 g/mol. The van der Waals surface area contributed by atoms with E-state index in [0.717, 1.165) is 12.1 Å². The van der Waals surface area contributed by atoms with Crippen LogP contribution in [0.2, 0.25) is 0 Å². The average Bonchev–Trinajstić information content (AvgIpc) is 2.89. The molecule has 0 aromatic heterocycles. The number of benzene rings is 4. The number of hydrogen-bond acceptors (Lipinski definition) is 4. The Bertz CT molecular complexity index is 1370. The van der Waals surface area contributed by atoms with Crippen molar-refractivity contribution in [2.45, 2.75) is 6.18 Å². The highest BCUT2D eigenvalue weighted by Crippen LogP contribution is 2.30. The Labute approximate surface area is 211 Å².